The predicted octanol–water partition coefficient (Wildman–Crippen LogP) is 2.79. The number of hydrogen-bond donors (Lipinski definition) is 0. The Morgan fingerprint density at radius 1 is 1.39 bits per heavy atom. The van der Waals surface area contributed by atoms with Crippen molar-refractivity contribution >= 4 is 28.5 Å². The molecule has 2 aromatic heterocycles. The summed E-state index contributed by atoms with van der Waals surface area (Å²) >= 11 is 5.93. The molecule has 0 radical (unpaired) electrons. The van der Waals surface area contributed by atoms with Crippen LogP contribution in [0, 0.1) is 6.92 Å². The molecule has 3 aromatic rings. The average molecular weight is 333 g/mol. The molecule has 0 fully saturated rings. The Kier molecular flexibility index (Phi) is 3.92. The van der Waals surface area contributed by atoms with Gasteiger partial charge in [-0.1, -0.05) is 11.6 Å². The van der Waals surface area contributed by atoms with Gasteiger partial charge in [0, 0.05) is 5.02 Å². The van der Waals surface area contributed by atoms with Gasteiger partial charge in [0.25, 0.3) is 5.56 Å². The summed E-state index contributed by atoms with van der Waals surface area (Å²) in [5.41, 5.74) is 0.681. The molecule has 0 aliphatic carbocycles. The van der Waals surface area contributed by atoms with Gasteiger partial charge in [0.15, 0.2) is 0 Å². The number of rotatable bonds is 3. The first-order valence-electron chi connectivity index (χ1n) is 6.82. The zero-order valence-corrected chi connectivity index (χ0v) is 13.3. The molecule has 0 aliphatic heterocycles. The zero-order valence-electron chi connectivity index (χ0n) is 12.5. The summed E-state index contributed by atoms with van der Waals surface area (Å²) in [5.74, 6) is 0.429. The van der Waals surface area contributed by atoms with E-state index in [2.05, 4.69) is 9.72 Å². The molecule has 0 saturated carbocycles. The molecule has 7 heteroatoms. The number of aromatic nitrogens is 2. The molecule has 0 atom stereocenters. The monoisotopic (exact) mass is 332 g/mol. The van der Waals surface area contributed by atoms with E-state index in [-0.39, 0.29) is 12.1 Å². The fraction of sp³-hybridized carbons (Fsp3) is 0.188. The second-order valence-electron chi connectivity index (χ2n) is 5.01. The number of nitrogens with zero attached hydrogens (tertiary/aromatic N) is 2. The molecule has 0 spiro atoms. The van der Waals surface area contributed by atoms with Crippen molar-refractivity contribution in [2.24, 2.45) is 0 Å². The molecule has 2 heterocycles. The Morgan fingerprint density at radius 3 is 2.91 bits per heavy atom. The van der Waals surface area contributed by atoms with Crippen LogP contribution in [0.3, 0.4) is 0 Å². The summed E-state index contributed by atoms with van der Waals surface area (Å²) in [6, 6.07) is 6.51. The zero-order chi connectivity index (χ0) is 16.6. The summed E-state index contributed by atoms with van der Waals surface area (Å²) in [4.78, 5) is 28.3. The molecule has 0 aliphatic rings. The highest BCUT2D eigenvalue weighted by Gasteiger charge is 2.16. The largest absolute Gasteiger partial charge is 0.465 e. The van der Waals surface area contributed by atoms with Crippen LogP contribution < -0.4 is 5.56 Å². The molecule has 1 aromatic carbocycles. The van der Waals surface area contributed by atoms with Crippen molar-refractivity contribution in [3.63, 3.8) is 0 Å². The van der Waals surface area contributed by atoms with Crippen molar-refractivity contribution < 1.29 is 13.9 Å². The molecule has 118 valence electrons. The summed E-state index contributed by atoms with van der Waals surface area (Å²) in [6.45, 7) is 1.82. The smallest absolute Gasteiger partial charge is 0.341 e. The minimum absolute atomic E-state index is 0.159. The lowest BCUT2D eigenvalue weighted by atomic mass is 10.2. The van der Waals surface area contributed by atoms with E-state index in [4.69, 9.17) is 16.0 Å². The van der Waals surface area contributed by atoms with Crippen molar-refractivity contribution in [2.45, 2.75) is 13.5 Å². The number of benzene rings is 1. The molecule has 6 nitrogen and oxygen atoms in total. The Morgan fingerprint density at radius 2 is 2.17 bits per heavy atom. The first-order valence-corrected chi connectivity index (χ1v) is 7.19. The van der Waals surface area contributed by atoms with Crippen LogP contribution in [0.1, 0.15) is 21.9 Å². The van der Waals surface area contributed by atoms with Gasteiger partial charge in [-0.2, -0.15) is 0 Å². The summed E-state index contributed by atoms with van der Waals surface area (Å²) in [5, 5.41) is 0.896. The molecule has 0 saturated heterocycles. The number of esters is 1. The van der Waals surface area contributed by atoms with Gasteiger partial charge in [0.2, 0.25) is 0 Å². The van der Waals surface area contributed by atoms with Gasteiger partial charge in [-0.15, -0.1) is 0 Å². The van der Waals surface area contributed by atoms with Crippen LogP contribution in [-0.2, 0) is 11.3 Å². The molecular formula is C16H13ClN2O4. The van der Waals surface area contributed by atoms with E-state index in [0.29, 0.717) is 33.0 Å². The third-order valence-electron chi connectivity index (χ3n) is 3.49. The number of halogens is 1. The number of carbonyl (C=O) groups excluding carboxylic acids is 1. The second-order valence-corrected chi connectivity index (χ2v) is 5.45. The highest BCUT2D eigenvalue weighted by atomic mass is 35.5. The van der Waals surface area contributed by atoms with Crippen molar-refractivity contribution in [3.8, 4) is 0 Å². The quantitative estimate of drug-likeness (QED) is 0.689. The van der Waals surface area contributed by atoms with Crippen molar-refractivity contribution in [1.29, 1.82) is 0 Å². The lowest BCUT2D eigenvalue weighted by Gasteiger charge is -2.04. The molecule has 3 rings (SSSR count). The number of methoxy groups -OCH3 is 1. The lowest BCUT2D eigenvalue weighted by Crippen LogP contribution is -2.20. The summed E-state index contributed by atoms with van der Waals surface area (Å²) < 4.78 is 11.6. The van der Waals surface area contributed by atoms with Gasteiger partial charge < -0.3 is 9.15 Å². The highest BCUT2D eigenvalue weighted by molar-refractivity contribution is 6.31. The number of aryl methyl sites for hydroxylation is 1. The second kappa shape index (κ2) is 5.89. The van der Waals surface area contributed by atoms with E-state index in [1.165, 1.54) is 18.0 Å². The normalized spacial score (nSPS) is 10.9. The van der Waals surface area contributed by atoms with Crippen LogP contribution in [0.25, 0.3) is 10.9 Å². The minimum atomic E-state index is -0.478. The van der Waals surface area contributed by atoms with Gasteiger partial charge in [0.05, 0.1) is 30.9 Å². The van der Waals surface area contributed by atoms with Gasteiger partial charge in [-0.3, -0.25) is 9.36 Å². The van der Waals surface area contributed by atoms with Gasteiger partial charge in [-0.25, -0.2) is 9.78 Å². The minimum Gasteiger partial charge on any atom is -0.465 e. The van der Waals surface area contributed by atoms with Crippen LogP contribution in [0.5, 0.6) is 0 Å². The Bertz CT molecular complexity index is 958. The van der Waals surface area contributed by atoms with E-state index in [1.807, 2.05) is 0 Å². The Labute approximate surface area is 136 Å². The fourth-order valence-electron chi connectivity index (χ4n) is 2.35. The van der Waals surface area contributed by atoms with E-state index >= 15 is 0 Å². The Hall–Kier alpha value is -2.60. The first kappa shape index (κ1) is 15.3. The SMILES string of the molecule is COC(=O)c1cc(Cn2cnc3ccc(Cl)cc3c2=O)oc1C. The number of hydrogen-bond acceptors (Lipinski definition) is 5. The van der Waals surface area contributed by atoms with Crippen molar-refractivity contribution in [1.82, 2.24) is 9.55 Å². The molecular weight excluding hydrogens is 320 g/mol. The van der Waals surface area contributed by atoms with Crippen molar-refractivity contribution in [3.05, 3.63) is 63.1 Å². The van der Waals surface area contributed by atoms with E-state index < -0.39 is 5.97 Å². The van der Waals surface area contributed by atoms with Crippen LogP contribution in [-0.4, -0.2) is 22.6 Å². The van der Waals surface area contributed by atoms with Crippen molar-refractivity contribution in [2.75, 3.05) is 7.11 Å². The van der Waals surface area contributed by atoms with Crippen LogP contribution >= 0.6 is 11.6 Å². The molecule has 23 heavy (non-hydrogen) atoms. The number of ether oxygens (including phenoxy) is 1. The van der Waals surface area contributed by atoms with Crippen LogP contribution in [0.2, 0.25) is 5.02 Å². The summed E-state index contributed by atoms with van der Waals surface area (Å²) in [6.07, 6.45) is 1.44. The third kappa shape index (κ3) is 2.85. The van der Waals surface area contributed by atoms with E-state index in [9.17, 15) is 9.59 Å². The highest BCUT2D eigenvalue weighted by Crippen LogP contribution is 2.17. The maximum Gasteiger partial charge on any atom is 0.341 e. The van der Waals surface area contributed by atoms with Gasteiger partial charge in [-0.05, 0) is 31.2 Å². The standard InChI is InChI=1S/C16H13ClN2O4/c1-9-12(16(21)22-2)6-11(23-9)7-19-8-18-14-4-3-10(17)5-13(14)15(19)20/h3-6,8H,7H2,1-2H3. The fourth-order valence-corrected chi connectivity index (χ4v) is 2.52. The molecule has 0 bridgehead atoms. The van der Waals surface area contributed by atoms with Crippen LogP contribution in [0.4, 0.5) is 0 Å². The maximum absolute atomic E-state index is 12.5. The number of carbonyl (C=O) groups is 1. The van der Waals surface area contributed by atoms with E-state index in [0.717, 1.165) is 0 Å². The van der Waals surface area contributed by atoms with Gasteiger partial charge in [0.1, 0.15) is 17.1 Å². The molecule has 0 N–H and O–H groups in total. The Balaban J connectivity index is 2.00. The number of fused-ring (bicyclic) bond motifs is 1. The van der Waals surface area contributed by atoms with Crippen LogP contribution in [0.15, 0.2) is 39.8 Å². The molecule has 0 amide bonds. The number of furan rings is 1. The van der Waals surface area contributed by atoms with Gasteiger partial charge >= 0.3 is 5.97 Å². The molecule has 0 unspecified atom stereocenters. The maximum atomic E-state index is 12.5. The topological polar surface area (TPSA) is 74.3 Å². The average Bonchev–Trinajstić information content (AvgIpc) is 2.90. The van der Waals surface area contributed by atoms with E-state index in [1.54, 1.807) is 31.2 Å². The first-order chi connectivity index (χ1) is 11.0. The third-order valence-corrected chi connectivity index (χ3v) is 3.72. The lowest BCUT2D eigenvalue weighted by molar-refractivity contribution is 0.0599. The summed E-state index contributed by atoms with van der Waals surface area (Å²) in [7, 11) is 1.30. The predicted molar refractivity (Wildman–Crippen MR) is 84.9 cm³/mol.